The first kappa shape index (κ1) is 27.7. The molecule has 0 radical (unpaired) electrons. The van der Waals surface area contributed by atoms with E-state index in [1.165, 1.54) is 4.57 Å². The van der Waals surface area contributed by atoms with Gasteiger partial charge in [-0.1, -0.05) is 92.3 Å². The summed E-state index contributed by atoms with van der Waals surface area (Å²) in [5.74, 6) is 1.63. The second-order valence-corrected chi connectivity index (χ2v) is 13.7. The van der Waals surface area contributed by atoms with Gasteiger partial charge >= 0.3 is 0 Å². The second kappa shape index (κ2) is 12.6. The fourth-order valence-electron chi connectivity index (χ4n) is 7.00. The zero-order valence-electron chi connectivity index (χ0n) is 33.8. The minimum Gasteiger partial charge on any atom is -0.510 e. The van der Waals surface area contributed by atoms with Crippen molar-refractivity contribution in [2.24, 2.45) is 0 Å². The van der Waals surface area contributed by atoms with E-state index in [2.05, 4.69) is 68.1 Å². The molecule has 6 nitrogen and oxygen atoms in total. The zero-order chi connectivity index (χ0) is 39.3. The van der Waals surface area contributed by atoms with Crippen molar-refractivity contribution in [3.8, 4) is 28.7 Å². The molecule has 0 atom stereocenters. The predicted octanol–water partition coefficient (Wildman–Crippen LogP) is 10.8. The van der Waals surface area contributed by atoms with E-state index < -0.39 is 18.1 Å². The van der Waals surface area contributed by atoms with Crippen LogP contribution < -0.4 is 9.30 Å². The van der Waals surface area contributed by atoms with Crippen molar-refractivity contribution in [1.29, 1.82) is 0 Å². The predicted molar refractivity (Wildman–Crippen MR) is 206 cm³/mol. The summed E-state index contributed by atoms with van der Waals surface area (Å²) in [7, 11) is 0. The van der Waals surface area contributed by atoms with Gasteiger partial charge in [-0.3, -0.25) is 4.57 Å². The van der Waals surface area contributed by atoms with E-state index in [9.17, 15) is 0 Å². The third kappa shape index (κ3) is 5.44. The minimum atomic E-state index is -0.455. The molecule has 260 valence electrons. The van der Waals surface area contributed by atoms with Gasteiger partial charge in [0.2, 0.25) is 0 Å². The number of hydrogen-bond acceptors (Lipinski definition) is 3. The van der Waals surface area contributed by atoms with E-state index in [-0.39, 0.29) is 44.3 Å². The summed E-state index contributed by atoms with van der Waals surface area (Å²) >= 11 is 0. The molecule has 10 aromatic rings. The van der Waals surface area contributed by atoms with Crippen LogP contribution in [0.1, 0.15) is 33.2 Å². The molecule has 0 aliphatic heterocycles. The number of para-hydroxylation sites is 4. The van der Waals surface area contributed by atoms with Crippen LogP contribution in [0.15, 0.2) is 144 Å². The Kier molecular flexibility index (Phi) is 6.58. The summed E-state index contributed by atoms with van der Waals surface area (Å²) < 4.78 is 60.2. The van der Waals surface area contributed by atoms with Crippen molar-refractivity contribution < 1.29 is 41.6 Å². The van der Waals surface area contributed by atoms with E-state index in [1.807, 2.05) is 79.0 Å². The molecule has 0 aliphatic carbocycles. The Labute approximate surface area is 327 Å². The van der Waals surface area contributed by atoms with Crippen molar-refractivity contribution in [3.63, 3.8) is 0 Å². The Morgan fingerprint density at radius 3 is 2.43 bits per heavy atom. The van der Waals surface area contributed by atoms with E-state index in [0.29, 0.717) is 28.2 Å². The van der Waals surface area contributed by atoms with Gasteiger partial charge in [-0.05, 0) is 64.5 Å². The first-order chi connectivity index (χ1) is 27.5. The Hall–Kier alpha value is -5.97. The number of nitrogens with zero attached hydrogens (tertiary/aromatic N) is 4. The van der Waals surface area contributed by atoms with Crippen molar-refractivity contribution in [3.05, 3.63) is 164 Å². The molecule has 0 spiro atoms. The van der Waals surface area contributed by atoms with Gasteiger partial charge in [0.25, 0.3) is 6.33 Å². The minimum absolute atomic E-state index is 0. The van der Waals surface area contributed by atoms with Crippen LogP contribution in [0.2, 0.25) is 0 Å². The summed E-state index contributed by atoms with van der Waals surface area (Å²) in [6, 6.07) is 38.2. The van der Waals surface area contributed by atoms with Crippen LogP contribution >= 0.6 is 0 Å². The van der Waals surface area contributed by atoms with Crippen molar-refractivity contribution in [2.45, 2.75) is 26.2 Å². The number of rotatable bonds is 5. The number of benzene rings is 6. The molecule has 0 fully saturated rings. The normalized spacial score (nSPS) is 13.2. The van der Waals surface area contributed by atoms with E-state index in [0.717, 1.165) is 55.1 Å². The molecule has 7 heteroatoms. The number of aromatic nitrogens is 4. The summed E-state index contributed by atoms with van der Waals surface area (Å²) in [5.41, 5.74) is 6.23. The number of pyridine rings is 1. The number of imidazole rings is 1. The van der Waals surface area contributed by atoms with Gasteiger partial charge in [0, 0.05) is 55.1 Å². The Morgan fingerprint density at radius 1 is 0.774 bits per heavy atom. The maximum atomic E-state index is 8.62. The summed E-state index contributed by atoms with van der Waals surface area (Å²) in [4.78, 5) is 4.85. The molecule has 0 bridgehead atoms. The maximum Gasteiger partial charge on any atom is 0.268 e. The molecule has 4 heterocycles. The van der Waals surface area contributed by atoms with Crippen LogP contribution in [0, 0.1) is 18.5 Å². The van der Waals surface area contributed by atoms with Gasteiger partial charge in [0.1, 0.15) is 17.0 Å². The summed E-state index contributed by atoms with van der Waals surface area (Å²) in [6.07, 6.45) is 5.07. The van der Waals surface area contributed by atoms with E-state index in [4.69, 9.17) is 21.0 Å². The molecule has 4 aromatic heterocycles. The molecule has 0 N–H and O–H groups in total. The average molecular weight is 873 g/mol. The quantitative estimate of drug-likeness (QED) is 0.128. The Balaban J connectivity index is 0.00000436. The maximum absolute atomic E-state index is 8.62. The fourth-order valence-corrected chi connectivity index (χ4v) is 7.00. The van der Waals surface area contributed by atoms with Gasteiger partial charge in [0.05, 0.1) is 23.6 Å². The molecule has 0 saturated heterocycles. The molecular weight excluding hydrogens is 836 g/mol. The number of hydrogen-bond donors (Lipinski definition) is 0. The SMILES string of the molecule is [2H]c1c([2H])c([2H])c(-[n+]2[c-]n(-c3[c-]c(Oc4[c-]c5c(cc4)c4c6oc7ccccc7c6ccc4n5-c4cc(C(C)(C)C)ccn4)ccc3)c3ccccc32)c([2H])c1[2H].[Pt]. The van der Waals surface area contributed by atoms with E-state index >= 15 is 0 Å². The first-order valence-electron chi connectivity index (χ1n) is 19.5. The van der Waals surface area contributed by atoms with Crippen LogP contribution in [0.4, 0.5) is 0 Å². The largest absolute Gasteiger partial charge is 0.510 e. The van der Waals surface area contributed by atoms with Gasteiger partial charge in [-0.15, -0.1) is 24.3 Å². The van der Waals surface area contributed by atoms with Crippen molar-refractivity contribution in [2.75, 3.05) is 0 Å². The van der Waals surface area contributed by atoms with Gasteiger partial charge in [-0.2, -0.15) is 18.2 Å². The van der Waals surface area contributed by atoms with Crippen molar-refractivity contribution >= 4 is 54.8 Å². The Morgan fingerprint density at radius 2 is 1.57 bits per heavy atom. The van der Waals surface area contributed by atoms with Crippen LogP contribution in [0.5, 0.6) is 11.5 Å². The number of fused-ring (bicyclic) bond motifs is 8. The molecule has 0 aliphatic rings. The van der Waals surface area contributed by atoms with Gasteiger partial charge in [0.15, 0.2) is 0 Å². The average Bonchev–Trinajstić information content (AvgIpc) is 3.89. The molecule has 0 unspecified atom stereocenters. The molecule has 0 saturated carbocycles. The Bertz CT molecular complexity index is 3260. The van der Waals surface area contributed by atoms with Gasteiger partial charge in [-0.25, -0.2) is 4.98 Å². The second-order valence-electron chi connectivity index (χ2n) is 13.7. The topological polar surface area (TPSA) is 49.0 Å². The van der Waals surface area contributed by atoms with Crippen LogP contribution in [0.25, 0.3) is 72.0 Å². The molecule has 53 heavy (non-hydrogen) atoms. The number of ether oxygens (including phenoxy) is 1. The van der Waals surface area contributed by atoms with Crippen LogP contribution in [-0.4, -0.2) is 14.1 Å². The summed E-state index contributed by atoms with van der Waals surface area (Å²) in [6.45, 7) is 6.55. The van der Waals surface area contributed by atoms with Gasteiger partial charge < -0.3 is 18.3 Å². The molecule has 0 amide bonds. The van der Waals surface area contributed by atoms with Crippen LogP contribution in [0.3, 0.4) is 0 Å². The third-order valence-corrected chi connectivity index (χ3v) is 9.49. The van der Waals surface area contributed by atoms with E-state index in [1.54, 1.807) is 10.6 Å². The first-order valence-corrected chi connectivity index (χ1v) is 17.0. The fraction of sp³-hybridized carbons (Fsp3) is 0.0870. The molecule has 6 aromatic carbocycles. The van der Waals surface area contributed by atoms with Crippen LogP contribution in [-0.2, 0) is 26.5 Å². The third-order valence-electron chi connectivity index (χ3n) is 9.49. The number of furan rings is 1. The smallest absolute Gasteiger partial charge is 0.268 e. The standard InChI is InChI=1S/C46H32N4O2.Pt/c1-46(2,3)30-24-25-47-43(26-30)50-40-23-22-36-35-16-7-10-19-42(35)52-45(36)44(40)37-21-20-34(28-41(37)50)51-33-15-11-14-32(27-33)49-29-48(31-12-5-4-6-13-31)38-17-8-9-18-39(38)49;/h4-26H,1-3H3;/q-2;/i4D,5D,6D,12D,13D;. The monoisotopic (exact) mass is 872 g/mol. The summed E-state index contributed by atoms with van der Waals surface area (Å²) in [5, 5.41) is 3.98. The van der Waals surface area contributed by atoms with Crippen molar-refractivity contribution in [1.82, 2.24) is 14.1 Å². The molecule has 10 rings (SSSR count). The zero-order valence-corrected chi connectivity index (χ0v) is 31.1. The molecular formula is C46H32N4O2Pt-2.